The van der Waals surface area contributed by atoms with E-state index in [1.165, 1.54) is 38.5 Å². The van der Waals surface area contributed by atoms with Gasteiger partial charge in [0.05, 0.1) is 7.11 Å². The van der Waals surface area contributed by atoms with E-state index in [1.807, 2.05) is 13.0 Å². The van der Waals surface area contributed by atoms with Crippen molar-refractivity contribution < 1.29 is 4.74 Å². The van der Waals surface area contributed by atoms with E-state index in [0.717, 1.165) is 24.1 Å². The van der Waals surface area contributed by atoms with Crippen LogP contribution in [0.4, 0.5) is 5.82 Å². The number of hydrogen-bond acceptors (Lipinski definition) is 4. The second kappa shape index (κ2) is 6.57. The Bertz CT molecular complexity index is 375. The smallest absolute Gasteiger partial charge is 0.218 e. The summed E-state index contributed by atoms with van der Waals surface area (Å²) in [5.41, 5.74) is 0. The third-order valence-electron chi connectivity index (χ3n) is 3.61. The number of ether oxygens (including phenoxy) is 1. The molecule has 4 nitrogen and oxygen atoms in total. The van der Waals surface area contributed by atoms with E-state index in [4.69, 9.17) is 4.74 Å². The van der Waals surface area contributed by atoms with Crippen molar-refractivity contribution in [1.29, 1.82) is 0 Å². The van der Waals surface area contributed by atoms with Crippen LogP contribution in [0.25, 0.3) is 0 Å². The number of nitrogens with one attached hydrogen (secondary N) is 1. The topological polar surface area (TPSA) is 47.0 Å². The van der Waals surface area contributed by atoms with Gasteiger partial charge in [-0.3, -0.25) is 0 Å². The van der Waals surface area contributed by atoms with E-state index in [2.05, 4.69) is 15.3 Å². The molecule has 0 radical (unpaired) electrons. The molecule has 0 spiro atoms. The normalized spacial score (nSPS) is 16.6. The first-order valence-electron chi connectivity index (χ1n) is 6.91. The average Bonchev–Trinajstić information content (AvgIpc) is 2.39. The molecule has 1 aliphatic rings. The fourth-order valence-corrected chi connectivity index (χ4v) is 2.62. The quantitative estimate of drug-likeness (QED) is 0.870. The van der Waals surface area contributed by atoms with Crippen molar-refractivity contribution in [2.75, 3.05) is 19.0 Å². The SMILES string of the molecule is COc1cc(NCCC2CCCCC2)nc(C)n1. The Morgan fingerprint density at radius 2 is 2.06 bits per heavy atom. The lowest BCUT2D eigenvalue weighted by molar-refractivity contribution is 0.345. The molecule has 1 aromatic heterocycles. The molecular formula is C14H23N3O. The third kappa shape index (κ3) is 3.86. The molecule has 1 aromatic rings. The van der Waals surface area contributed by atoms with Gasteiger partial charge in [0.2, 0.25) is 5.88 Å². The lowest BCUT2D eigenvalue weighted by Crippen LogP contribution is -2.13. The summed E-state index contributed by atoms with van der Waals surface area (Å²) in [5, 5.41) is 3.38. The van der Waals surface area contributed by atoms with E-state index in [-0.39, 0.29) is 0 Å². The molecule has 1 aliphatic carbocycles. The highest BCUT2D eigenvalue weighted by Gasteiger charge is 2.12. The van der Waals surface area contributed by atoms with Crippen LogP contribution < -0.4 is 10.1 Å². The Kier molecular flexibility index (Phi) is 4.79. The molecule has 0 bridgehead atoms. The number of rotatable bonds is 5. The first-order valence-corrected chi connectivity index (χ1v) is 6.91. The highest BCUT2D eigenvalue weighted by molar-refractivity contribution is 5.38. The van der Waals surface area contributed by atoms with Gasteiger partial charge in [-0.25, -0.2) is 4.98 Å². The lowest BCUT2D eigenvalue weighted by atomic mass is 9.87. The van der Waals surface area contributed by atoms with Gasteiger partial charge in [0.25, 0.3) is 0 Å². The molecule has 1 N–H and O–H groups in total. The summed E-state index contributed by atoms with van der Waals surface area (Å²) in [5.74, 6) is 3.14. The first kappa shape index (κ1) is 13.1. The molecule has 100 valence electrons. The molecule has 18 heavy (non-hydrogen) atoms. The van der Waals surface area contributed by atoms with Crippen molar-refractivity contribution in [3.63, 3.8) is 0 Å². The van der Waals surface area contributed by atoms with Gasteiger partial charge in [-0.1, -0.05) is 32.1 Å². The maximum absolute atomic E-state index is 5.14. The van der Waals surface area contributed by atoms with Gasteiger partial charge in [0.1, 0.15) is 11.6 Å². The number of aryl methyl sites for hydroxylation is 1. The van der Waals surface area contributed by atoms with E-state index in [0.29, 0.717) is 5.88 Å². The minimum atomic E-state index is 0.627. The number of aromatic nitrogens is 2. The molecule has 0 atom stereocenters. The second-order valence-electron chi connectivity index (χ2n) is 5.06. The van der Waals surface area contributed by atoms with E-state index in [1.54, 1.807) is 7.11 Å². The maximum Gasteiger partial charge on any atom is 0.218 e. The fraction of sp³-hybridized carbons (Fsp3) is 0.714. The monoisotopic (exact) mass is 249 g/mol. The van der Waals surface area contributed by atoms with Crippen LogP contribution in [0.1, 0.15) is 44.3 Å². The minimum absolute atomic E-state index is 0.627. The van der Waals surface area contributed by atoms with Gasteiger partial charge < -0.3 is 10.1 Å². The van der Waals surface area contributed by atoms with Crippen LogP contribution in [0.2, 0.25) is 0 Å². The molecule has 0 saturated heterocycles. The molecule has 0 unspecified atom stereocenters. The number of methoxy groups -OCH3 is 1. The number of anilines is 1. The van der Waals surface area contributed by atoms with Crippen molar-refractivity contribution >= 4 is 5.82 Å². The van der Waals surface area contributed by atoms with E-state index < -0.39 is 0 Å². The molecule has 0 amide bonds. The standard InChI is InChI=1S/C14H23N3O/c1-11-16-13(10-14(17-11)18-2)15-9-8-12-6-4-3-5-7-12/h10,12H,3-9H2,1-2H3,(H,15,16,17). The molecule has 2 rings (SSSR count). The molecule has 0 aromatic carbocycles. The predicted molar refractivity (Wildman–Crippen MR) is 73.0 cm³/mol. The van der Waals surface area contributed by atoms with E-state index in [9.17, 15) is 0 Å². The Labute approximate surface area is 109 Å². The zero-order valence-corrected chi connectivity index (χ0v) is 11.4. The van der Waals surface area contributed by atoms with E-state index >= 15 is 0 Å². The van der Waals surface area contributed by atoms with Crippen molar-refractivity contribution in [3.05, 3.63) is 11.9 Å². The lowest BCUT2D eigenvalue weighted by Gasteiger charge is -2.21. The molecule has 1 fully saturated rings. The van der Waals surface area contributed by atoms with Gasteiger partial charge >= 0.3 is 0 Å². The first-order chi connectivity index (χ1) is 8.78. The van der Waals surface area contributed by atoms with Crippen LogP contribution in [-0.4, -0.2) is 23.6 Å². The van der Waals surface area contributed by atoms with Crippen LogP contribution in [-0.2, 0) is 0 Å². The van der Waals surface area contributed by atoms with Crippen molar-refractivity contribution in [1.82, 2.24) is 9.97 Å². The molecule has 0 aliphatic heterocycles. The largest absolute Gasteiger partial charge is 0.481 e. The zero-order chi connectivity index (χ0) is 12.8. The van der Waals surface area contributed by atoms with Crippen LogP contribution in [0.15, 0.2) is 6.07 Å². The Morgan fingerprint density at radius 1 is 1.28 bits per heavy atom. The van der Waals surface area contributed by atoms with Gasteiger partial charge in [0, 0.05) is 12.6 Å². The molecule has 4 heteroatoms. The predicted octanol–water partition coefficient (Wildman–Crippen LogP) is 3.18. The van der Waals surface area contributed by atoms with Gasteiger partial charge in [0.15, 0.2) is 0 Å². The third-order valence-corrected chi connectivity index (χ3v) is 3.61. The summed E-state index contributed by atoms with van der Waals surface area (Å²) < 4.78 is 5.14. The minimum Gasteiger partial charge on any atom is -0.481 e. The summed E-state index contributed by atoms with van der Waals surface area (Å²) in [6.07, 6.45) is 8.27. The zero-order valence-electron chi connectivity index (χ0n) is 11.4. The fourth-order valence-electron chi connectivity index (χ4n) is 2.62. The Morgan fingerprint density at radius 3 is 2.78 bits per heavy atom. The Balaban J connectivity index is 1.80. The summed E-state index contributed by atoms with van der Waals surface area (Å²) in [6.45, 7) is 2.87. The van der Waals surface area contributed by atoms with Crippen LogP contribution in [0.3, 0.4) is 0 Å². The average molecular weight is 249 g/mol. The van der Waals surface area contributed by atoms with Crippen LogP contribution in [0, 0.1) is 12.8 Å². The van der Waals surface area contributed by atoms with Crippen molar-refractivity contribution in [2.45, 2.75) is 45.4 Å². The molecule has 1 heterocycles. The highest BCUT2D eigenvalue weighted by Crippen LogP contribution is 2.26. The van der Waals surface area contributed by atoms with Gasteiger partial charge in [-0.2, -0.15) is 4.98 Å². The van der Waals surface area contributed by atoms with Gasteiger partial charge in [-0.05, 0) is 19.3 Å². The van der Waals surface area contributed by atoms with Crippen molar-refractivity contribution in [3.8, 4) is 5.88 Å². The van der Waals surface area contributed by atoms with Crippen LogP contribution >= 0.6 is 0 Å². The summed E-state index contributed by atoms with van der Waals surface area (Å²) in [6, 6.07) is 1.86. The highest BCUT2D eigenvalue weighted by atomic mass is 16.5. The van der Waals surface area contributed by atoms with Crippen LogP contribution in [0.5, 0.6) is 5.88 Å². The second-order valence-corrected chi connectivity index (χ2v) is 5.06. The number of hydrogen-bond donors (Lipinski definition) is 1. The summed E-state index contributed by atoms with van der Waals surface area (Å²) in [4.78, 5) is 8.54. The number of nitrogens with zero attached hydrogens (tertiary/aromatic N) is 2. The molecule has 1 saturated carbocycles. The molecular weight excluding hydrogens is 226 g/mol. The summed E-state index contributed by atoms with van der Waals surface area (Å²) in [7, 11) is 1.63. The maximum atomic E-state index is 5.14. The summed E-state index contributed by atoms with van der Waals surface area (Å²) >= 11 is 0. The Hall–Kier alpha value is -1.32. The van der Waals surface area contributed by atoms with Gasteiger partial charge in [-0.15, -0.1) is 0 Å². The van der Waals surface area contributed by atoms with Crippen molar-refractivity contribution in [2.24, 2.45) is 5.92 Å².